The molecular formula is C20H22N2O7S. The van der Waals surface area contributed by atoms with E-state index in [-0.39, 0.29) is 30.2 Å². The standard InChI is InChI=1S/C20H22N2O7S/c1-12-10-15(21-18(24)14-4-3-9-28-14)30-17(12)20(26)29-11-16(23)22-7-5-13(6-8-22)19(25)27-2/h3-4,9-10,13H,5-8,11H2,1-2H3,(H,21,24). The number of esters is 2. The number of nitrogens with zero attached hydrogens (tertiary/aromatic N) is 1. The van der Waals surface area contributed by atoms with Crippen LogP contribution in [0, 0.1) is 12.8 Å². The number of rotatable bonds is 6. The average Bonchev–Trinajstić information content (AvgIpc) is 3.41. The van der Waals surface area contributed by atoms with E-state index in [4.69, 9.17) is 13.9 Å². The van der Waals surface area contributed by atoms with Crippen LogP contribution < -0.4 is 5.32 Å². The van der Waals surface area contributed by atoms with Gasteiger partial charge in [0.2, 0.25) is 0 Å². The van der Waals surface area contributed by atoms with Gasteiger partial charge in [0.25, 0.3) is 11.8 Å². The molecule has 30 heavy (non-hydrogen) atoms. The van der Waals surface area contributed by atoms with Crippen molar-refractivity contribution >= 4 is 40.1 Å². The van der Waals surface area contributed by atoms with Crippen LogP contribution in [0.25, 0.3) is 0 Å². The number of piperidine rings is 1. The largest absolute Gasteiger partial charge is 0.469 e. The molecule has 160 valence electrons. The van der Waals surface area contributed by atoms with Crippen LogP contribution in [0.5, 0.6) is 0 Å². The smallest absolute Gasteiger partial charge is 0.349 e. The van der Waals surface area contributed by atoms with Crippen molar-refractivity contribution in [3.8, 4) is 0 Å². The third-order valence-corrected chi connectivity index (χ3v) is 5.93. The van der Waals surface area contributed by atoms with Crippen molar-refractivity contribution in [3.05, 3.63) is 40.7 Å². The van der Waals surface area contributed by atoms with E-state index in [2.05, 4.69) is 5.32 Å². The van der Waals surface area contributed by atoms with Crippen LogP contribution in [0.3, 0.4) is 0 Å². The van der Waals surface area contributed by atoms with Gasteiger partial charge in [-0.3, -0.25) is 14.4 Å². The van der Waals surface area contributed by atoms with Gasteiger partial charge in [-0.15, -0.1) is 11.3 Å². The number of carbonyl (C=O) groups excluding carboxylic acids is 4. The second-order valence-corrected chi connectivity index (χ2v) is 7.86. The lowest BCUT2D eigenvalue weighted by molar-refractivity contribution is -0.149. The molecule has 2 amide bonds. The van der Waals surface area contributed by atoms with E-state index in [0.29, 0.717) is 41.4 Å². The van der Waals surface area contributed by atoms with E-state index in [9.17, 15) is 19.2 Å². The Hall–Kier alpha value is -3.14. The molecule has 0 aliphatic carbocycles. The summed E-state index contributed by atoms with van der Waals surface area (Å²) in [5.41, 5.74) is 0.631. The maximum atomic E-state index is 12.4. The van der Waals surface area contributed by atoms with Crippen LogP contribution in [0.2, 0.25) is 0 Å². The summed E-state index contributed by atoms with van der Waals surface area (Å²) in [7, 11) is 1.35. The highest BCUT2D eigenvalue weighted by molar-refractivity contribution is 7.18. The minimum absolute atomic E-state index is 0.159. The molecule has 3 rings (SSSR count). The fourth-order valence-electron chi connectivity index (χ4n) is 3.14. The molecular weight excluding hydrogens is 412 g/mol. The number of hydrogen-bond donors (Lipinski definition) is 1. The molecule has 2 aromatic rings. The molecule has 0 bridgehead atoms. The highest BCUT2D eigenvalue weighted by Crippen LogP contribution is 2.28. The van der Waals surface area contributed by atoms with E-state index in [1.165, 1.54) is 19.4 Å². The van der Waals surface area contributed by atoms with Crippen molar-refractivity contribution in [2.24, 2.45) is 5.92 Å². The van der Waals surface area contributed by atoms with Gasteiger partial charge in [0, 0.05) is 13.1 Å². The van der Waals surface area contributed by atoms with Crippen LogP contribution in [-0.2, 0) is 19.1 Å². The van der Waals surface area contributed by atoms with E-state index >= 15 is 0 Å². The van der Waals surface area contributed by atoms with Gasteiger partial charge in [0.05, 0.1) is 24.3 Å². The zero-order valence-corrected chi connectivity index (χ0v) is 17.5. The van der Waals surface area contributed by atoms with Crippen molar-refractivity contribution in [1.82, 2.24) is 4.90 Å². The Morgan fingerprint density at radius 1 is 1.27 bits per heavy atom. The number of thiophene rings is 1. The molecule has 10 heteroatoms. The van der Waals surface area contributed by atoms with E-state index in [1.807, 2.05) is 0 Å². The first kappa shape index (κ1) is 21.6. The molecule has 1 saturated heterocycles. The highest BCUT2D eigenvalue weighted by Gasteiger charge is 2.28. The summed E-state index contributed by atoms with van der Waals surface area (Å²) in [6, 6.07) is 4.79. The van der Waals surface area contributed by atoms with Crippen molar-refractivity contribution in [3.63, 3.8) is 0 Å². The van der Waals surface area contributed by atoms with Crippen LogP contribution in [0.15, 0.2) is 28.9 Å². The summed E-state index contributed by atoms with van der Waals surface area (Å²) in [5, 5.41) is 3.13. The van der Waals surface area contributed by atoms with Gasteiger partial charge in [-0.25, -0.2) is 4.79 Å². The Bertz CT molecular complexity index is 927. The quantitative estimate of drug-likeness (QED) is 0.695. The van der Waals surface area contributed by atoms with Crippen LogP contribution in [0.4, 0.5) is 5.00 Å². The normalized spacial score (nSPS) is 14.3. The van der Waals surface area contributed by atoms with Crippen molar-refractivity contribution < 1.29 is 33.1 Å². The third kappa shape index (κ3) is 5.07. The number of furan rings is 1. The first-order valence-electron chi connectivity index (χ1n) is 9.37. The Morgan fingerprint density at radius 2 is 2.00 bits per heavy atom. The van der Waals surface area contributed by atoms with Gasteiger partial charge >= 0.3 is 11.9 Å². The number of ether oxygens (including phenoxy) is 2. The van der Waals surface area contributed by atoms with Gasteiger partial charge in [-0.05, 0) is 43.5 Å². The molecule has 0 saturated carbocycles. The van der Waals surface area contributed by atoms with E-state index < -0.39 is 11.9 Å². The average molecular weight is 434 g/mol. The van der Waals surface area contributed by atoms with Crippen molar-refractivity contribution in [2.45, 2.75) is 19.8 Å². The van der Waals surface area contributed by atoms with Gasteiger partial charge in [0.15, 0.2) is 12.4 Å². The minimum Gasteiger partial charge on any atom is -0.469 e. The second kappa shape index (κ2) is 9.57. The maximum absolute atomic E-state index is 12.4. The molecule has 0 radical (unpaired) electrons. The van der Waals surface area contributed by atoms with Crippen LogP contribution in [-0.4, -0.2) is 55.5 Å². The van der Waals surface area contributed by atoms with Gasteiger partial charge in [0.1, 0.15) is 4.88 Å². The number of amides is 2. The summed E-state index contributed by atoms with van der Waals surface area (Å²) < 4.78 is 14.9. The summed E-state index contributed by atoms with van der Waals surface area (Å²) in [5.74, 6) is -1.68. The van der Waals surface area contributed by atoms with Crippen LogP contribution >= 0.6 is 11.3 Å². The number of hydrogen-bond acceptors (Lipinski definition) is 8. The fraction of sp³-hybridized carbons (Fsp3) is 0.400. The van der Waals surface area contributed by atoms with Gasteiger partial charge < -0.3 is 24.1 Å². The predicted molar refractivity (Wildman–Crippen MR) is 107 cm³/mol. The van der Waals surface area contributed by atoms with Crippen molar-refractivity contribution in [2.75, 3.05) is 32.1 Å². The van der Waals surface area contributed by atoms with Crippen LogP contribution in [0.1, 0.15) is 38.6 Å². The molecule has 0 atom stereocenters. The molecule has 9 nitrogen and oxygen atoms in total. The zero-order valence-electron chi connectivity index (χ0n) is 16.6. The monoisotopic (exact) mass is 434 g/mol. The summed E-state index contributed by atoms with van der Waals surface area (Å²) >= 11 is 1.06. The summed E-state index contributed by atoms with van der Waals surface area (Å²) in [6.45, 7) is 2.16. The number of carbonyl (C=O) groups is 4. The number of nitrogens with one attached hydrogen (secondary N) is 1. The lowest BCUT2D eigenvalue weighted by Gasteiger charge is -2.30. The molecule has 1 aliphatic heterocycles. The minimum atomic E-state index is -0.631. The fourth-order valence-corrected chi connectivity index (χ4v) is 4.10. The lowest BCUT2D eigenvalue weighted by atomic mass is 9.97. The summed E-state index contributed by atoms with van der Waals surface area (Å²) in [6.07, 6.45) is 2.44. The predicted octanol–water partition coefficient (Wildman–Crippen LogP) is 2.47. The SMILES string of the molecule is COC(=O)C1CCN(C(=O)COC(=O)c2sc(NC(=O)c3ccco3)cc2C)CC1. The number of methoxy groups -OCH3 is 1. The molecule has 3 heterocycles. The highest BCUT2D eigenvalue weighted by atomic mass is 32.1. The first-order valence-corrected chi connectivity index (χ1v) is 10.2. The molecule has 2 aromatic heterocycles. The molecule has 0 aromatic carbocycles. The van der Waals surface area contributed by atoms with Gasteiger partial charge in [-0.2, -0.15) is 0 Å². The lowest BCUT2D eigenvalue weighted by Crippen LogP contribution is -2.42. The number of anilines is 1. The van der Waals surface area contributed by atoms with Crippen molar-refractivity contribution in [1.29, 1.82) is 0 Å². The topological polar surface area (TPSA) is 115 Å². The molecule has 1 fully saturated rings. The first-order chi connectivity index (χ1) is 14.4. The van der Waals surface area contributed by atoms with E-state index in [0.717, 1.165) is 11.3 Å². The number of likely N-dealkylation sites (tertiary alicyclic amines) is 1. The second-order valence-electron chi connectivity index (χ2n) is 6.81. The Balaban J connectivity index is 1.50. The Kier molecular flexibility index (Phi) is 6.88. The Morgan fingerprint density at radius 3 is 2.63 bits per heavy atom. The Labute approximate surface area is 176 Å². The molecule has 1 aliphatic rings. The zero-order chi connectivity index (χ0) is 21.7. The number of aryl methyl sites for hydroxylation is 1. The maximum Gasteiger partial charge on any atom is 0.349 e. The van der Waals surface area contributed by atoms with Gasteiger partial charge in [-0.1, -0.05) is 0 Å². The molecule has 1 N–H and O–H groups in total. The summed E-state index contributed by atoms with van der Waals surface area (Å²) in [4.78, 5) is 50.2. The molecule has 0 spiro atoms. The molecule has 0 unspecified atom stereocenters. The third-order valence-electron chi connectivity index (χ3n) is 4.79. The van der Waals surface area contributed by atoms with E-state index in [1.54, 1.807) is 24.0 Å².